The first kappa shape index (κ1) is 28.4. The molecular formula is C33H39ClN3O4S-. The van der Waals surface area contributed by atoms with Crippen molar-refractivity contribution >= 4 is 33.9 Å². The van der Waals surface area contributed by atoms with Crippen molar-refractivity contribution in [3.63, 3.8) is 0 Å². The van der Waals surface area contributed by atoms with Crippen LogP contribution in [0.5, 0.6) is 5.75 Å². The van der Waals surface area contributed by atoms with Gasteiger partial charge >= 0.3 is 0 Å². The molecule has 2 fully saturated rings. The maximum atomic E-state index is 13.3. The standard InChI is InChI=1S/C33H39ClN3O4S/c1-19-5-4-6-29(40-3)24-9-7-21(24)16-37-17-33(15-22-13-25(22)26-14-23(34)8-10-27(26)33)18-41-30-12-11-28(35-31(30)37)32(38)36-42(39)20(19)2/h4,6,8,10-12,14,19-22,24-25,29H,5,7,9,13,15-18H2,1-3H3/q-1/b6-4+/t19-,20+,21-,22-,24+,25-,29-,33-/m0/s1. The van der Waals surface area contributed by atoms with E-state index < -0.39 is 16.5 Å². The van der Waals surface area contributed by atoms with E-state index in [9.17, 15) is 9.00 Å². The molecule has 1 aromatic heterocycles. The molecule has 2 bridgehead atoms. The van der Waals surface area contributed by atoms with Crippen molar-refractivity contribution in [3.8, 4) is 5.75 Å². The summed E-state index contributed by atoms with van der Waals surface area (Å²) in [5.74, 6) is 2.95. The molecule has 0 unspecified atom stereocenters. The molecule has 1 spiro atoms. The maximum absolute atomic E-state index is 13.3. The Morgan fingerprint density at radius 1 is 1.17 bits per heavy atom. The highest BCUT2D eigenvalue weighted by molar-refractivity contribution is 7.75. The van der Waals surface area contributed by atoms with Crippen molar-refractivity contribution in [1.82, 2.24) is 4.98 Å². The largest absolute Gasteiger partial charge is 0.489 e. The SMILES string of the molecule is CO[C@H]1/C=C/C[C@H](C)[C@@H](C)[S-](=O)=NC(=O)c2ccc3c(n2)N(C[C@@H]2CC[C@H]21)C[C@]1(CO3)C[C@@H]2C[C@@H]2c2cc(Cl)ccc21. The second kappa shape index (κ2) is 10.9. The quantitative estimate of drug-likeness (QED) is 0.265. The van der Waals surface area contributed by atoms with Crippen LogP contribution in [-0.2, 0) is 25.0 Å². The summed E-state index contributed by atoms with van der Waals surface area (Å²) in [6.45, 7) is 6.04. The Kier molecular flexibility index (Phi) is 7.38. The van der Waals surface area contributed by atoms with Crippen LogP contribution >= 0.6 is 11.6 Å². The lowest BCUT2D eigenvalue weighted by atomic mass is 9.68. The smallest absolute Gasteiger partial charge is 0.272 e. The number of methoxy groups -OCH3 is 1. The predicted molar refractivity (Wildman–Crippen MR) is 165 cm³/mol. The third kappa shape index (κ3) is 4.97. The van der Waals surface area contributed by atoms with Crippen LogP contribution in [0.25, 0.3) is 0 Å². The number of nitrogens with zero attached hydrogens (tertiary/aromatic N) is 3. The molecule has 7 nitrogen and oxygen atoms in total. The van der Waals surface area contributed by atoms with Gasteiger partial charge in [-0.2, -0.15) is 10.6 Å². The fourth-order valence-corrected chi connectivity index (χ4v) is 8.90. The normalized spacial score (nSPS) is 36.8. The van der Waals surface area contributed by atoms with E-state index in [1.54, 1.807) is 13.2 Å². The number of hydrogen-bond acceptors (Lipinski definition) is 7. The molecule has 3 heterocycles. The Morgan fingerprint density at radius 2 is 2.02 bits per heavy atom. The van der Waals surface area contributed by atoms with Gasteiger partial charge in [0.2, 0.25) is 0 Å². The summed E-state index contributed by atoms with van der Waals surface area (Å²) < 4.78 is 29.8. The molecule has 1 amide bonds. The second-order valence-electron chi connectivity index (χ2n) is 13.2. The highest BCUT2D eigenvalue weighted by Gasteiger charge is 2.54. The molecule has 0 saturated heterocycles. The van der Waals surface area contributed by atoms with Gasteiger partial charge in [-0.1, -0.05) is 54.8 Å². The van der Waals surface area contributed by atoms with Gasteiger partial charge in [-0.15, -0.1) is 0 Å². The van der Waals surface area contributed by atoms with E-state index in [0.717, 1.165) is 43.8 Å². The zero-order valence-corrected chi connectivity index (χ0v) is 26.1. The van der Waals surface area contributed by atoms with E-state index in [2.05, 4.69) is 40.5 Å². The number of carbonyl (C=O) groups excluding carboxylic acids is 1. The third-order valence-electron chi connectivity index (χ3n) is 10.7. The molecule has 2 aliphatic heterocycles. The van der Waals surface area contributed by atoms with Crippen molar-refractivity contribution < 1.29 is 18.5 Å². The van der Waals surface area contributed by atoms with Gasteiger partial charge in [-0.3, -0.25) is 4.79 Å². The number of halogens is 1. The minimum atomic E-state index is -1.67. The molecule has 8 atom stereocenters. The highest BCUT2D eigenvalue weighted by Crippen LogP contribution is 2.61. The molecule has 0 N–H and O–H groups in total. The Morgan fingerprint density at radius 3 is 2.81 bits per heavy atom. The molecule has 2 saturated carbocycles. The summed E-state index contributed by atoms with van der Waals surface area (Å²) >= 11 is 6.49. The number of carbonyl (C=O) groups is 1. The molecule has 224 valence electrons. The zero-order chi connectivity index (χ0) is 29.2. The monoisotopic (exact) mass is 608 g/mol. The molecule has 0 radical (unpaired) electrons. The molecule has 2 aromatic rings. The van der Waals surface area contributed by atoms with Crippen molar-refractivity contribution in [3.05, 3.63) is 64.3 Å². The number of rotatable bonds is 1. The fourth-order valence-electron chi connectivity index (χ4n) is 7.78. The number of fused-ring (bicyclic) bond motifs is 6. The lowest BCUT2D eigenvalue weighted by molar-refractivity contribution is 0.0131. The number of aromatic nitrogens is 1. The topological polar surface area (TPSA) is 81.1 Å². The van der Waals surface area contributed by atoms with E-state index in [0.29, 0.717) is 41.8 Å². The van der Waals surface area contributed by atoms with Gasteiger partial charge < -0.3 is 22.9 Å². The van der Waals surface area contributed by atoms with Gasteiger partial charge in [0.05, 0.1) is 12.7 Å². The second-order valence-corrected chi connectivity index (χ2v) is 15.1. The summed E-state index contributed by atoms with van der Waals surface area (Å²) in [4.78, 5) is 20.5. The zero-order valence-electron chi connectivity index (χ0n) is 24.5. The minimum absolute atomic E-state index is 0.0247. The van der Waals surface area contributed by atoms with E-state index in [1.807, 2.05) is 19.1 Å². The Bertz CT molecular complexity index is 1520. The molecular weight excluding hydrogens is 570 g/mol. The molecule has 5 aliphatic rings. The molecule has 9 heteroatoms. The summed E-state index contributed by atoms with van der Waals surface area (Å²) in [7, 11) is 0.129. The van der Waals surface area contributed by atoms with Crippen LogP contribution in [0, 0.1) is 23.7 Å². The fraction of sp³-hybridized carbons (Fsp3) is 0.576. The van der Waals surface area contributed by atoms with E-state index in [-0.39, 0.29) is 28.4 Å². The number of pyridine rings is 1. The van der Waals surface area contributed by atoms with Crippen molar-refractivity contribution in [2.75, 3.05) is 31.7 Å². The van der Waals surface area contributed by atoms with Crippen LogP contribution in [0.3, 0.4) is 0 Å². The number of hydrogen-bond donors (Lipinski definition) is 0. The molecule has 3 aliphatic carbocycles. The molecule has 1 aromatic carbocycles. The van der Waals surface area contributed by atoms with Crippen LogP contribution in [-0.4, -0.2) is 49.1 Å². The van der Waals surface area contributed by atoms with Crippen LogP contribution in [0.15, 0.2) is 46.8 Å². The lowest BCUT2D eigenvalue weighted by Gasteiger charge is -2.45. The van der Waals surface area contributed by atoms with Gasteiger partial charge in [0.15, 0.2) is 11.6 Å². The first-order valence-corrected chi connectivity index (χ1v) is 16.9. The molecule has 42 heavy (non-hydrogen) atoms. The van der Waals surface area contributed by atoms with Crippen molar-refractivity contribution in [1.29, 1.82) is 0 Å². The van der Waals surface area contributed by atoms with E-state index >= 15 is 0 Å². The molecule has 7 rings (SSSR count). The van der Waals surface area contributed by atoms with Crippen LogP contribution < -0.4 is 9.64 Å². The summed E-state index contributed by atoms with van der Waals surface area (Å²) in [5, 5.41) is 0.514. The van der Waals surface area contributed by atoms with E-state index in [1.165, 1.54) is 17.5 Å². The van der Waals surface area contributed by atoms with E-state index in [4.69, 9.17) is 26.1 Å². The Hall–Kier alpha value is -2.42. The van der Waals surface area contributed by atoms with Crippen LogP contribution in [0.1, 0.15) is 73.5 Å². The van der Waals surface area contributed by atoms with Gasteiger partial charge in [0.1, 0.15) is 5.69 Å². The number of allylic oxidation sites excluding steroid dienone is 1. The number of anilines is 1. The summed E-state index contributed by atoms with van der Waals surface area (Å²) in [6, 6.07) is 9.88. The third-order valence-corrected chi connectivity index (χ3v) is 12.3. The first-order chi connectivity index (χ1) is 20.3. The summed E-state index contributed by atoms with van der Waals surface area (Å²) in [5.41, 5.74) is 2.69. The lowest BCUT2D eigenvalue weighted by Crippen LogP contribution is -2.50. The van der Waals surface area contributed by atoms with Crippen LogP contribution in [0.4, 0.5) is 5.82 Å². The van der Waals surface area contributed by atoms with Crippen LogP contribution in [0.2, 0.25) is 5.02 Å². The number of amides is 1. The van der Waals surface area contributed by atoms with Gasteiger partial charge in [-0.05, 0) is 91.2 Å². The Balaban J connectivity index is 1.32. The maximum Gasteiger partial charge on any atom is 0.272 e. The predicted octanol–water partition coefficient (Wildman–Crippen LogP) is 6.69. The first-order valence-electron chi connectivity index (χ1n) is 15.3. The van der Waals surface area contributed by atoms with Gasteiger partial charge in [0.25, 0.3) is 5.91 Å². The van der Waals surface area contributed by atoms with Gasteiger partial charge in [-0.25, -0.2) is 4.98 Å². The highest BCUT2D eigenvalue weighted by atomic mass is 35.5. The number of ether oxygens (including phenoxy) is 2. The van der Waals surface area contributed by atoms with Gasteiger partial charge in [0, 0.05) is 30.6 Å². The average molecular weight is 609 g/mol. The van der Waals surface area contributed by atoms with Crippen molar-refractivity contribution in [2.45, 2.75) is 68.6 Å². The summed E-state index contributed by atoms with van der Waals surface area (Å²) in [6.07, 6.45) is 9.60. The number of benzene rings is 1. The minimum Gasteiger partial charge on any atom is -0.489 e. The Labute approximate surface area is 255 Å². The average Bonchev–Trinajstić information content (AvgIpc) is 3.76. The van der Waals surface area contributed by atoms with Crippen molar-refractivity contribution in [2.24, 2.45) is 28.0 Å².